The lowest BCUT2D eigenvalue weighted by atomic mass is 9.99. The first-order valence-electron chi connectivity index (χ1n) is 4.98. The van der Waals surface area contributed by atoms with Crippen LogP contribution < -0.4 is 5.73 Å². The molecule has 0 unspecified atom stereocenters. The number of nitrogens with two attached hydrogens (primary N) is 1. The molecule has 0 saturated carbocycles. The fourth-order valence-corrected chi connectivity index (χ4v) is 2.03. The highest BCUT2D eigenvalue weighted by Crippen LogP contribution is 2.23. The Bertz CT molecular complexity index is 374. The summed E-state index contributed by atoms with van der Waals surface area (Å²) in [5, 5.41) is 0. The Balaban J connectivity index is 3.15. The average Bonchev–Trinajstić information content (AvgIpc) is 2.22. The normalized spacial score (nSPS) is 10.4. The summed E-state index contributed by atoms with van der Waals surface area (Å²) < 4.78 is 0. The number of aryl methyl sites for hydroxylation is 1. The minimum Gasteiger partial charge on any atom is -0.330 e. The van der Waals surface area contributed by atoms with E-state index in [4.69, 9.17) is 5.73 Å². The van der Waals surface area contributed by atoms with Crippen LogP contribution in [0.25, 0.3) is 0 Å². The summed E-state index contributed by atoms with van der Waals surface area (Å²) in [6.07, 6.45) is 2.44. The maximum atomic E-state index is 11.8. The van der Waals surface area contributed by atoms with Gasteiger partial charge in [0.1, 0.15) is 0 Å². The third-order valence-corrected chi connectivity index (χ3v) is 3.26. The number of Topliss-reactive ketones (excluding diaryl/α,β-unsaturated/α-hetero) is 1. The van der Waals surface area contributed by atoms with E-state index in [-0.39, 0.29) is 5.78 Å². The second-order valence-electron chi connectivity index (χ2n) is 3.58. The van der Waals surface area contributed by atoms with Gasteiger partial charge in [-0.05, 0) is 49.9 Å². The molecule has 0 amide bonds. The highest BCUT2D eigenvalue weighted by atomic mass is 32.2. The predicted octanol–water partition coefficient (Wildman–Crippen LogP) is 2.56. The highest BCUT2D eigenvalue weighted by molar-refractivity contribution is 7.98. The number of carbonyl (C=O) groups excluding carboxylic acids is 1. The van der Waals surface area contributed by atoms with E-state index in [0.29, 0.717) is 13.0 Å². The Hall–Kier alpha value is -0.800. The number of carbonyl (C=O) groups is 1. The number of hydrogen-bond donors (Lipinski definition) is 1. The topological polar surface area (TPSA) is 43.1 Å². The Morgan fingerprint density at radius 2 is 2.07 bits per heavy atom. The predicted molar refractivity (Wildman–Crippen MR) is 65.7 cm³/mol. The number of benzene rings is 1. The van der Waals surface area contributed by atoms with Gasteiger partial charge in [0.15, 0.2) is 5.78 Å². The van der Waals surface area contributed by atoms with Crippen molar-refractivity contribution in [3.05, 3.63) is 28.8 Å². The molecule has 0 heterocycles. The molecule has 0 spiro atoms. The third kappa shape index (κ3) is 2.83. The fourth-order valence-electron chi connectivity index (χ4n) is 1.50. The van der Waals surface area contributed by atoms with Gasteiger partial charge in [0.05, 0.1) is 0 Å². The van der Waals surface area contributed by atoms with Crippen molar-refractivity contribution in [2.24, 2.45) is 5.73 Å². The standard InChI is InChI=1S/C12H17NOS/c1-8-6-10(15-3)7-11(9(8)2)12(14)4-5-13/h6-7H,4-5,13H2,1-3H3. The number of thioether (sulfide) groups is 1. The number of rotatable bonds is 4. The van der Waals surface area contributed by atoms with Crippen LogP contribution in [0.1, 0.15) is 27.9 Å². The Morgan fingerprint density at radius 1 is 1.40 bits per heavy atom. The summed E-state index contributed by atoms with van der Waals surface area (Å²) in [5.74, 6) is 0.147. The van der Waals surface area contributed by atoms with E-state index in [0.717, 1.165) is 16.0 Å². The van der Waals surface area contributed by atoms with Gasteiger partial charge in [0.25, 0.3) is 0 Å². The summed E-state index contributed by atoms with van der Waals surface area (Å²) in [5.41, 5.74) is 8.47. The molecule has 1 aromatic carbocycles. The molecule has 2 N–H and O–H groups in total. The van der Waals surface area contributed by atoms with Crippen LogP contribution in [-0.4, -0.2) is 18.6 Å². The van der Waals surface area contributed by atoms with Gasteiger partial charge in [0, 0.05) is 16.9 Å². The van der Waals surface area contributed by atoms with Crippen LogP contribution in [0.4, 0.5) is 0 Å². The molecule has 0 fully saturated rings. The third-order valence-electron chi connectivity index (χ3n) is 2.55. The van der Waals surface area contributed by atoms with Gasteiger partial charge in [0.2, 0.25) is 0 Å². The minimum atomic E-state index is 0.147. The molecule has 0 atom stereocenters. The van der Waals surface area contributed by atoms with Gasteiger partial charge >= 0.3 is 0 Å². The Kier molecular flexibility index (Phi) is 4.36. The first-order chi connectivity index (χ1) is 7.10. The van der Waals surface area contributed by atoms with Crippen LogP contribution in [-0.2, 0) is 0 Å². The quantitative estimate of drug-likeness (QED) is 0.630. The highest BCUT2D eigenvalue weighted by Gasteiger charge is 2.11. The van der Waals surface area contributed by atoms with Crippen molar-refractivity contribution < 1.29 is 4.79 Å². The minimum absolute atomic E-state index is 0.147. The van der Waals surface area contributed by atoms with E-state index in [1.807, 2.05) is 26.2 Å². The van der Waals surface area contributed by atoms with Crippen molar-refractivity contribution in [1.82, 2.24) is 0 Å². The zero-order chi connectivity index (χ0) is 11.4. The average molecular weight is 223 g/mol. The second kappa shape index (κ2) is 5.33. The maximum Gasteiger partial charge on any atom is 0.164 e. The molecule has 0 aliphatic rings. The fraction of sp³-hybridized carbons (Fsp3) is 0.417. The lowest BCUT2D eigenvalue weighted by Crippen LogP contribution is -2.10. The first kappa shape index (κ1) is 12.3. The van der Waals surface area contributed by atoms with Crippen molar-refractivity contribution >= 4 is 17.5 Å². The molecule has 0 radical (unpaired) electrons. The van der Waals surface area contributed by atoms with E-state index in [2.05, 4.69) is 6.07 Å². The van der Waals surface area contributed by atoms with Crippen molar-refractivity contribution in [3.8, 4) is 0 Å². The van der Waals surface area contributed by atoms with Crippen LogP contribution >= 0.6 is 11.8 Å². The van der Waals surface area contributed by atoms with E-state index in [1.54, 1.807) is 11.8 Å². The smallest absolute Gasteiger partial charge is 0.164 e. The molecule has 2 nitrogen and oxygen atoms in total. The van der Waals surface area contributed by atoms with E-state index in [9.17, 15) is 4.79 Å². The molecule has 15 heavy (non-hydrogen) atoms. The van der Waals surface area contributed by atoms with Gasteiger partial charge in [-0.15, -0.1) is 11.8 Å². The Labute approximate surface area is 95.2 Å². The zero-order valence-corrected chi connectivity index (χ0v) is 10.3. The van der Waals surface area contributed by atoms with Gasteiger partial charge in [-0.3, -0.25) is 4.79 Å². The molecule has 0 saturated heterocycles. The summed E-state index contributed by atoms with van der Waals surface area (Å²) in [4.78, 5) is 12.9. The van der Waals surface area contributed by atoms with Crippen molar-refractivity contribution in [2.75, 3.05) is 12.8 Å². The summed E-state index contributed by atoms with van der Waals surface area (Å²) in [6, 6.07) is 4.07. The molecule has 1 aromatic rings. The van der Waals surface area contributed by atoms with Crippen LogP contribution in [0.3, 0.4) is 0 Å². The molecular formula is C12H17NOS. The van der Waals surface area contributed by atoms with E-state index in [1.165, 1.54) is 5.56 Å². The van der Waals surface area contributed by atoms with Gasteiger partial charge in [-0.1, -0.05) is 0 Å². The van der Waals surface area contributed by atoms with Crippen LogP contribution in [0.5, 0.6) is 0 Å². The number of hydrogen-bond acceptors (Lipinski definition) is 3. The van der Waals surface area contributed by atoms with Gasteiger partial charge in [-0.25, -0.2) is 0 Å². The van der Waals surface area contributed by atoms with Crippen LogP contribution in [0.2, 0.25) is 0 Å². The van der Waals surface area contributed by atoms with Crippen LogP contribution in [0.15, 0.2) is 17.0 Å². The molecule has 0 aliphatic carbocycles. The van der Waals surface area contributed by atoms with E-state index >= 15 is 0 Å². The molecule has 0 aromatic heterocycles. The first-order valence-corrected chi connectivity index (χ1v) is 6.21. The molecular weight excluding hydrogens is 206 g/mol. The molecule has 0 bridgehead atoms. The van der Waals surface area contributed by atoms with Gasteiger partial charge < -0.3 is 5.73 Å². The monoisotopic (exact) mass is 223 g/mol. The molecule has 0 aliphatic heterocycles. The van der Waals surface area contributed by atoms with Crippen molar-refractivity contribution in [3.63, 3.8) is 0 Å². The molecule has 1 rings (SSSR count). The van der Waals surface area contributed by atoms with E-state index < -0.39 is 0 Å². The lowest BCUT2D eigenvalue weighted by Gasteiger charge is -2.09. The lowest BCUT2D eigenvalue weighted by molar-refractivity contribution is 0.0984. The number of ketones is 1. The summed E-state index contributed by atoms with van der Waals surface area (Å²) >= 11 is 1.66. The summed E-state index contributed by atoms with van der Waals surface area (Å²) in [7, 11) is 0. The molecule has 3 heteroatoms. The van der Waals surface area contributed by atoms with Crippen molar-refractivity contribution in [1.29, 1.82) is 0 Å². The second-order valence-corrected chi connectivity index (χ2v) is 4.46. The molecule has 82 valence electrons. The van der Waals surface area contributed by atoms with Crippen LogP contribution in [0, 0.1) is 13.8 Å². The summed E-state index contributed by atoms with van der Waals surface area (Å²) in [6.45, 7) is 4.44. The van der Waals surface area contributed by atoms with Gasteiger partial charge in [-0.2, -0.15) is 0 Å². The zero-order valence-electron chi connectivity index (χ0n) is 9.46. The largest absolute Gasteiger partial charge is 0.330 e. The maximum absolute atomic E-state index is 11.8. The Morgan fingerprint density at radius 3 is 2.60 bits per heavy atom. The van der Waals surface area contributed by atoms with Crippen molar-refractivity contribution in [2.45, 2.75) is 25.2 Å². The SMILES string of the molecule is CSc1cc(C)c(C)c(C(=O)CCN)c1.